The van der Waals surface area contributed by atoms with E-state index in [-0.39, 0.29) is 0 Å². The minimum atomic E-state index is 0.366. The molecule has 2 fully saturated rings. The van der Waals surface area contributed by atoms with E-state index in [0.29, 0.717) is 17.1 Å². The third kappa shape index (κ3) is 2.98. The Labute approximate surface area is 105 Å². The summed E-state index contributed by atoms with van der Waals surface area (Å²) in [6, 6.07) is 0. The minimum absolute atomic E-state index is 0.366. The van der Waals surface area contributed by atoms with Crippen molar-refractivity contribution in [2.24, 2.45) is 11.3 Å². The monoisotopic (exact) mass is 235 g/mol. The molecule has 0 aromatic rings. The Morgan fingerprint density at radius 1 is 1.29 bits per heavy atom. The second-order valence-electron chi connectivity index (χ2n) is 6.30. The molecule has 0 unspecified atom stereocenters. The van der Waals surface area contributed by atoms with Crippen LogP contribution < -0.4 is 0 Å². The van der Waals surface area contributed by atoms with Gasteiger partial charge in [-0.25, -0.2) is 0 Å². The highest BCUT2D eigenvalue weighted by Gasteiger charge is 2.45. The third-order valence-electron chi connectivity index (χ3n) is 4.59. The molecule has 1 saturated heterocycles. The lowest BCUT2D eigenvalue weighted by Crippen LogP contribution is -2.57. The Morgan fingerprint density at radius 3 is 2.35 bits per heavy atom. The molecule has 17 heavy (non-hydrogen) atoms. The normalized spacial score (nSPS) is 24.6. The van der Waals surface area contributed by atoms with Gasteiger partial charge in [0, 0.05) is 25.6 Å². The Balaban J connectivity index is 1.72. The van der Waals surface area contributed by atoms with E-state index in [1.165, 1.54) is 38.0 Å². The predicted molar refractivity (Wildman–Crippen MR) is 70.9 cm³/mol. The first-order valence-corrected chi connectivity index (χ1v) is 6.88. The van der Waals surface area contributed by atoms with Crippen LogP contribution in [0.15, 0.2) is 12.2 Å². The van der Waals surface area contributed by atoms with E-state index in [1.807, 2.05) is 0 Å². The van der Waals surface area contributed by atoms with E-state index >= 15 is 0 Å². The Bertz CT molecular complexity index is 305. The van der Waals surface area contributed by atoms with Crippen LogP contribution in [0.4, 0.5) is 0 Å². The van der Waals surface area contributed by atoms with Gasteiger partial charge in [0.15, 0.2) is 0 Å². The largest absolute Gasteiger partial charge is 0.302 e. The van der Waals surface area contributed by atoms with Gasteiger partial charge in [0.1, 0.15) is 5.78 Å². The van der Waals surface area contributed by atoms with Crippen LogP contribution >= 0.6 is 0 Å². The van der Waals surface area contributed by atoms with Crippen molar-refractivity contribution >= 4 is 5.78 Å². The van der Waals surface area contributed by atoms with E-state index in [0.717, 1.165) is 19.3 Å². The Kier molecular flexibility index (Phi) is 3.72. The van der Waals surface area contributed by atoms with Crippen LogP contribution in [0.25, 0.3) is 0 Å². The van der Waals surface area contributed by atoms with E-state index in [4.69, 9.17) is 0 Å². The fourth-order valence-corrected chi connectivity index (χ4v) is 3.36. The second-order valence-corrected chi connectivity index (χ2v) is 6.30. The standard InChI is InChI=1S/C15H25NO/c1-12(2)6-9-16-10-15(11-16)7-4-14(5-8-15)13(3)17/h14H,1,4-11H2,2-3H3. The third-order valence-corrected chi connectivity index (χ3v) is 4.59. The average Bonchev–Trinajstić information content (AvgIpc) is 2.23. The molecular weight excluding hydrogens is 210 g/mol. The van der Waals surface area contributed by atoms with Crippen molar-refractivity contribution in [2.45, 2.75) is 46.0 Å². The van der Waals surface area contributed by atoms with Crippen molar-refractivity contribution < 1.29 is 4.79 Å². The Morgan fingerprint density at radius 2 is 1.88 bits per heavy atom. The van der Waals surface area contributed by atoms with Gasteiger partial charge in [-0.2, -0.15) is 0 Å². The smallest absolute Gasteiger partial charge is 0.132 e. The fraction of sp³-hybridized carbons (Fsp3) is 0.800. The zero-order chi connectivity index (χ0) is 12.5. The summed E-state index contributed by atoms with van der Waals surface area (Å²) in [7, 11) is 0. The Hall–Kier alpha value is -0.630. The predicted octanol–water partition coefficient (Wildman–Crippen LogP) is 3.03. The topological polar surface area (TPSA) is 20.3 Å². The molecule has 2 aliphatic rings. The summed E-state index contributed by atoms with van der Waals surface area (Å²) < 4.78 is 0. The first kappa shape index (κ1) is 12.8. The van der Waals surface area contributed by atoms with Crippen LogP contribution in [0.2, 0.25) is 0 Å². The van der Waals surface area contributed by atoms with Gasteiger partial charge in [-0.3, -0.25) is 4.79 Å². The molecule has 1 saturated carbocycles. The quantitative estimate of drug-likeness (QED) is 0.698. The number of ketones is 1. The molecule has 1 aliphatic heterocycles. The highest BCUT2D eigenvalue weighted by atomic mass is 16.1. The number of hydrogen-bond acceptors (Lipinski definition) is 2. The zero-order valence-electron chi connectivity index (χ0n) is 11.3. The molecule has 0 aromatic carbocycles. The fourth-order valence-electron chi connectivity index (χ4n) is 3.36. The molecular formula is C15H25NO. The van der Waals surface area contributed by atoms with Crippen molar-refractivity contribution in [3.05, 3.63) is 12.2 Å². The van der Waals surface area contributed by atoms with Crippen LogP contribution in [0, 0.1) is 11.3 Å². The van der Waals surface area contributed by atoms with Crippen molar-refractivity contribution in [3.8, 4) is 0 Å². The minimum Gasteiger partial charge on any atom is -0.302 e. The molecule has 0 radical (unpaired) electrons. The van der Waals surface area contributed by atoms with Crippen molar-refractivity contribution in [3.63, 3.8) is 0 Å². The molecule has 1 spiro atoms. The van der Waals surface area contributed by atoms with E-state index in [9.17, 15) is 4.79 Å². The number of likely N-dealkylation sites (tertiary alicyclic amines) is 1. The number of nitrogens with zero attached hydrogens (tertiary/aromatic N) is 1. The summed E-state index contributed by atoms with van der Waals surface area (Å²) in [5, 5.41) is 0. The van der Waals surface area contributed by atoms with E-state index in [1.54, 1.807) is 6.92 Å². The van der Waals surface area contributed by atoms with Crippen molar-refractivity contribution in [2.75, 3.05) is 19.6 Å². The van der Waals surface area contributed by atoms with Gasteiger partial charge in [0.2, 0.25) is 0 Å². The van der Waals surface area contributed by atoms with Gasteiger partial charge in [0.05, 0.1) is 0 Å². The number of rotatable bonds is 4. The van der Waals surface area contributed by atoms with Crippen molar-refractivity contribution in [1.29, 1.82) is 0 Å². The molecule has 1 aliphatic carbocycles. The van der Waals surface area contributed by atoms with Gasteiger partial charge >= 0.3 is 0 Å². The van der Waals surface area contributed by atoms with Gasteiger partial charge < -0.3 is 4.90 Å². The molecule has 96 valence electrons. The van der Waals surface area contributed by atoms with Gasteiger partial charge in [-0.05, 0) is 51.4 Å². The molecule has 0 amide bonds. The maximum Gasteiger partial charge on any atom is 0.132 e. The van der Waals surface area contributed by atoms with Crippen LogP contribution in [0.5, 0.6) is 0 Å². The second kappa shape index (κ2) is 4.93. The molecule has 0 atom stereocenters. The highest BCUT2D eigenvalue weighted by Crippen LogP contribution is 2.45. The average molecular weight is 235 g/mol. The van der Waals surface area contributed by atoms with Crippen molar-refractivity contribution in [1.82, 2.24) is 4.90 Å². The molecule has 1 heterocycles. The van der Waals surface area contributed by atoms with Crippen LogP contribution in [0.3, 0.4) is 0 Å². The lowest BCUT2D eigenvalue weighted by molar-refractivity contribution is -0.124. The zero-order valence-corrected chi connectivity index (χ0v) is 11.3. The van der Waals surface area contributed by atoms with Crippen LogP contribution in [-0.2, 0) is 4.79 Å². The first-order valence-electron chi connectivity index (χ1n) is 6.88. The van der Waals surface area contributed by atoms with Gasteiger partial charge in [-0.1, -0.05) is 5.57 Å². The number of carbonyl (C=O) groups excluding carboxylic acids is 1. The molecule has 2 nitrogen and oxygen atoms in total. The molecule has 0 N–H and O–H groups in total. The summed E-state index contributed by atoms with van der Waals surface area (Å²) in [6.07, 6.45) is 5.92. The van der Waals surface area contributed by atoms with Crippen LogP contribution in [-0.4, -0.2) is 30.3 Å². The van der Waals surface area contributed by atoms with E-state index in [2.05, 4.69) is 18.4 Å². The summed E-state index contributed by atoms with van der Waals surface area (Å²) in [6.45, 7) is 11.5. The lowest BCUT2D eigenvalue weighted by Gasteiger charge is -2.53. The van der Waals surface area contributed by atoms with Crippen LogP contribution in [0.1, 0.15) is 46.0 Å². The summed E-state index contributed by atoms with van der Waals surface area (Å²) in [5.74, 6) is 0.767. The SMILES string of the molecule is C=C(C)CCN1CC2(CCC(C(C)=O)CC2)C1. The first-order chi connectivity index (χ1) is 8.01. The summed E-state index contributed by atoms with van der Waals surface area (Å²) in [4.78, 5) is 13.9. The number of hydrogen-bond donors (Lipinski definition) is 0. The van der Waals surface area contributed by atoms with E-state index < -0.39 is 0 Å². The molecule has 0 bridgehead atoms. The summed E-state index contributed by atoms with van der Waals surface area (Å²) >= 11 is 0. The maximum absolute atomic E-state index is 11.3. The molecule has 0 aromatic heterocycles. The summed E-state index contributed by atoms with van der Waals surface area (Å²) in [5.41, 5.74) is 1.85. The van der Waals surface area contributed by atoms with Gasteiger partial charge in [-0.15, -0.1) is 6.58 Å². The number of Topliss-reactive ketones (excluding diaryl/α,β-unsaturated/α-hetero) is 1. The van der Waals surface area contributed by atoms with Gasteiger partial charge in [0.25, 0.3) is 0 Å². The molecule has 2 rings (SSSR count). The highest BCUT2D eigenvalue weighted by molar-refractivity contribution is 5.78. The maximum atomic E-state index is 11.3. The lowest BCUT2D eigenvalue weighted by atomic mass is 9.65. The number of carbonyl (C=O) groups is 1. The molecule has 2 heteroatoms.